The number of rotatable bonds is 7. The molecule has 0 bridgehead atoms. The molecule has 19 heavy (non-hydrogen) atoms. The van der Waals surface area contributed by atoms with Gasteiger partial charge in [0.15, 0.2) is 0 Å². The Morgan fingerprint density at radius 2 is 1.84 bits per heavy atom. The van der Waals surface area contributed by atoms with E-state index in [9.17, 15) is 14.9 Å². The number of hydrogen-bond donors (Lipinski definition) is 1. The Morgan fingerprint density at radius 3 is 2.16 bits per heavy atom. The van der Waals surface area contributed by atoms with Gasteiger partial charge in [-0.15, -0.1) is 0 Å². The molecule has 0 heterocycles. The van der Waals surface area contributed by atoms with Crippen molar-refractivity contribution < 1.29 is 14.3 Å². The monoisotopic (exact) mass is 268 g/mol. The summed E-state index contributed by atoms with van der Waals surface area (Å²) in [6.07, 6.45) is 1.33. The number of amides is 1. The van der Waals surface area contributed by atoms with Crippen LogP contribution in [-0.2, 0) is 14.3 Å². The quantitative estimate of drug-likeness (QED) is 0.716. The molecule has 0 fully saturated rings. The van der Waals surface area contributed by atoms with Crippen molar-refractivity contribution in [1.82, 2.24) is 5.32 Å². The summed E-state index contributed by atoms with van der Waals surface area (Å²) >= 11 is 0. The lowest BCUT2D eigenvalue weighted by Gasteiger charge is -2.26. The van der Waals surface area contributed by atoms with Crippen LogP contribution in [0.2, 0.25) is 0 Å². The topological polar surface area (TPSA) is 79.2 Å². The van der Waals surface area contributed by atoms with Gasteiger partial charge in [0.05, 0.1) is 13.2 Å². The van der Waals surface area contributed by atoms with Gasteiger partial charge in [0.25, 0.3) is 0 Å². The second-order valence-electron chi connectivity index (χ2n) is 5.08. The molecule has 0 saturated heterocycles. The summed E-state index contributed by atoms with van der Waals surface area (Å²) in [5.74, 6) is -0.624. The Morgan fingerprint density at radius 1 is 1.32 bits per heavy atom. The third-order valence-electron chi connectivity index (χ3n) is 3.35. The lowest BCUT2D eigenvalue weighted by atomic mass is 9.82. The Bertz CT molecular complexity index is 354. The molecule has 1 unspecified atom stereocenters. The zero-order valence-electron chi connectivity index (χ0n) is 12.4. The van der Waals surface area contributed by atoms with Crippen LogP contribution in [0.15, 0.2) is 0 Å². The number of esters is 1. The van der Waals surface area contributed by atoms with E-state index in [1.54, 1.807) is 13.8 Å². The molecule has 0 aromatic heterocycles. The highest BCUT2D eigenvalue weighted by molar-refractivity contribution is 5.89. The molecule has 0 spiro atoms. The molecule has 0 aromatic rings. The third-order valence-corrected chi connectivity index (χ3v) is 3.35. The van der Waals surface area contributed by atoms with Crippen molar-refractivity contribution in [2.24, 2.45) is 11.3 Å². The number of ether oxygens (including phenoxy) is 1. The molecule has 5 nitrogen and oxygen atoms in total. The van der Waals surface area contributed by atoms with Crippen molar-refractivity contribution in [3.63, 3.8) is 0 Å². The molecule has 0 radical (unpaired) electrons. The van der Waals surface area contributed by atoms with Gasteiger partial charge in [0.1, 0.15) is 11.5 Å². The normalized spacial score (nSPS) is 12.7. The zero-order valence-corrected chi connectivity index (χ0v) is 12.4. The van der Waals surface area contributed by atoms with Crippen molar-refractivity contribution in [2.45, 2.75) is 53.0 Å². The molecule has 1 N–H and O–H groups in total. The van der Waals surface area contributed by atoms with E-state index in [0.29, 0.717) is 19.3 Å². The van der Waals surface area contributed by atoms with Gasteiger partial charge in [-0.3, -0.25) is 4.79 Å². The van der Waals surface area contributed by atoms with Crippen LogP contribution in [-0.4, -0.2) is 25.0 Å². The number of nitrogens with one attached hydrogen (secondary N) is 1. The predicted molar refractivity (Wildman–Crippen MR) is 72.0 cm³/mol. The maximum atomic E-state index is 12.2. The van der Waals surface area contributed by atoms with Crippen LogP contribution in [0.25, 0.3) is 0 Å². The fourth-order valence-electron chi connectivity index (χ4n) is 1.90. The van der Waals surface area contributed by atoms with Crippen molar-refractivity contribution in [3.05, 3.63) is 0 Å². The average Bonchev–Trinajstić information content (AvgIpc) is 2.39. The number of nitrogens with zero attached hydrogens (tertiary/aromatic N) is 1. The van der Waals surface area contributed by atoms with Gasteiger partial charge in [0.2, 0.25) is 5.91 Å². The minimum absolute atomic E-state index is 0.240. The van der Waals surface area contributed by atoms with Gasteiger partial charge in [-0.25, -0.2) is 4.79 Å². The van der Waals surface area contributed by atoms with Crippen LogP contribution in [0, 0.1) is 22.7 Å². The number of methoxy groups -OCH3 is 1. The first-order chi connectivity index (χ1) is 8.86. The predicted octanol–water partition coefficient (Wildman–Crippen LogP) is 2.02. The van der Waals surface area contributed by atoms with Gasteiger partial charge in [0, 0.05) is 0 Å². The van der Waals surface area contributed by atoms with E-state index in [0.717, 1.165) is 0 Å². The Hall–Kier alpha value is -1.57. The van der Waals surface area contributed by atoms with E-state index in [-0.39, 0.29) is 5.92 Å². The largest absolute Gasteiger partial charge is 0.467 e. The Labute approximate surface area is 115 Å². The Kier molecular flexibility index (Phi) is 7.13. The van der Waals surface area contributed by atoms with Gasteiger partial charge in [-0.05, 0) is 25.2 Å². The highest BCUT2D eigenvalue weighted by Gasteiger charge is 2.37. The molecule has 1 amide bonds. The van der Waals surface area contributed by atoms with E-state index < -0.39 is 23.3 Å². The number of nitriles is 1. The van der Waals surface area contributed by atoms with Crippen LogP contribution in [0.4, 0.5) is 0 Å². The molecule has 0 rings (SSSR count). The van der Waals surface area contributed by atoms with Crippen molar-refractivity contribution in [1.29, 1.82) is 5.26 Å². The number of carbonyl (C=O) groups excluding carboxylic acids is 2. The summed E-state index contributed by atoms with van der Waals surface area (Å²) in [6.45, 7) is 7.50. The lowest BCUT2D eigenvalue weighted by Crippen LogP contribution is -2.48. The van der Waals surface area contributed by atoms with Gasteiger partial charge >= 0.3 is 5.97 Å². The van der Waals surface area contributed by atoms with Crippen LogP contribution in [0.1, 0.15) is 47.0 Å². The standard InChI is InChI=1S/C14H24N2O3/c1-6-14(7-2,9-15)13(18)16-11(8-10(3)4)12(17)19-5/h10-11H,6-8H2,1-5H3,(H,16,18). The molecule has 0 aliphatic rings. The highest BCUT2D eigenvalue weighted by atomic mass is 16.5. The van der Waals surface area contributed by atoms with E-state index in [1.807, 2.05) is 13.8 Å². The van der Waals surface area contributed by atoms with E-state index in [4.69, 9.17) is 4.74 Å². The number of carbonyl (C=O) groups is 2. The van der Waals surface area contributed by atoms with Crippen molar-refractivity contribution in [2.75, 3.05) is 7.11 Å². The first kappa shape index (κ1) is 17.4. The first-order valence-electron chi connectivity index (χ1n) is 6.66. The smallest absolute Gasteiger partial charge is 0.328 e. The zero-order chi connectivity index (χ0) is 15.1. The average molecular weight is 268 g/mol. The summed E-state index contributed by atoms with van der Waals surface area (Å²) in [5, 5.41) is 11.9. The van der Waals surface area contributed by atoms with E-state index in [2.05, 4.69) is 11.4 Å². The fraction of sp³-hybridized carbons (Fsp3) is 0.786. The van der Waals surface area contributed by atoms with E-state index >= 15 is 0 Å². The molecule has 1 atom stereocenters. The van der Waals surface area contributed by atoms with Crippen LogP contribution < -0.4 is 5.32 Å². The molecule has 0 aliphatic heterocycles. The second kappa shape index (κ2) is 7.78. The molecule has 0 saturated carbocycles. The second-order valence-corrected chi connectivity index (χ2v) is 5.08. The van der Waals surface area contributed by atoms with Crippen LogP contribution in [0.5, 0.6) is 0 Å². The SMILES string of the molecule is CCC(C#N)(CC)C(=O)NC(CC(C)C)C(=O)OC. The molecule has 5 heteroatoms. The van der Waals surface area contributed by atoms with Gasteiger partial charge < -0.3 is 10.1 Å². The van der Waals surface area contributed by atoms with Crippen molar-refractivity contribution in [3.8, 4) is 6.07 Å². The van der Waals surface area contributed by atoms with Crippen molar-refractivity contribution >= 4 is 11.9 Å². The van der Waals surface area contributed by atoms with Crippen LogP contribution in [0.3, 0.4) is 0 Å². The molecule has 108 valence electrons. The molecular weight excluding hydrogens is 244 g/mol. The number of hydrogen-bond acceptors (Lipinski definition) is 4. The fourth-order valence-corrected chi connectivity index (χ4v) is 1.90. The molecule has 0 aliphatic carbocycles. The summed E-state index contributed by atoms with van der Waals surface area (Å²) in [4.78, 5) is 23.9. The van der Waals surface area contributed by atoms with Gasteiger partial charge in [-0.1, -0.05) is 27.7 Å². The van der Waals surface area contributed by atoms with Crippen LogP contribution >= 0.6 is 0 Å². The molecule has 0 aromatic carbocycles. The maximum Gasteiger partial charge on any atom is 0.328 e. The Balaban J connectivity index is 4.99. The summed E-state index contributed by atoms with van der Waals surface area (Å²) in [6, 6.07) is 1.37. The van der Waals surface area contributed by atoms with Gasteiger partial charge in [-0.2, -0.15) is 5.26 Å². The van der Waals surface area contributed by atoms with E-state index in [1.165, 1.54) is 7.11 Å². The summed E-state index contributed by atoms with van der Waals surface area (Å²) < 4.78 is 4.69. The third kappa shape index (κ3) is 4.55. The summed E-state index contributed by atoms with van der Waals surface area (Å²) in [5.41, 5.74) is -1.07. The highest BCUT2D eigenvalue weighted by Crippen LogP contribution is 2.26. The molecular formula is C14H24N2O3. The minimum Gasteiger partial charge on any atom is -0.467 e. The minimum atomic E-state index is -1.07. The first-order valence-corrected chi connectivity index (χ1v) is 6.66. The maximum absolute atomic E-state index is 12.2. The lowest BCUT2D eigenvalue weighted by molar-refractivity contribution is -0.146. The summed E-state index contributed by atoms with van der Waals surface area (Å²) in [7, 11) is 1.29.